The number of quaternary nitrogens is 1. The first kappa shape index (κ1) is 13.5. The highest BCUT2D eigenvalue weighted by atomic mass is 19.1. The van der Waals surface area contributed by atoms with E-state index >= 15 is 0 Å². The Balaban J connectivity index is 1.67. The van der Waals surface area contributed by atoms with Crippen LogP contribution in [0.4, 0.5) is 4.39 Å². The standard InChI is InChI=1S/C14H20FNO2/c15-14-6-2-1-5-12(14)10-18-11-13(17)9-16-7-3-4-8-16/h1-2,5-6,13,17H,3-4,7-11H2/p+1/t13-/m1/s1. The maximum Gasteiger partial charge on any atom is 0.128 e. The third-order valence-electron chi connectivity index (χ3n) is 3.36. The lowest BCUT2D eigenvalue weighted by Crippen LogP contribution is -3.11. The highest BCUT2D eigenvalue weighted by Gasteiger charge is 2.19. The highest BCUT2D eigenvalue weighted by Crippen LogP contribution is 2.07. The second-order valence-corrected chi connectivity index (χ2v) is 4.92. The van der Waals surface area contributed by atoms with E-state index in [9.17, 15) is 9.50 Å². The van der Waals surface area contributed by atoms with Crippen LogP contribution in [0.5, 0.6) is 0 Å². The van der Waals surface area contributed by atoms with Crippen LogP contribution in [0.2, 0.25) is 0 Å². The van der Waals surface area contributed by atoms with Gasteiger partial charge in [-0.05, 0) is 6.07 Å². The average molecular weight is 254 g/mol. The third kappa shape index (κ3) is 4.05. The molecule has 0 saturated carbocycles. The van der Waals surface area contributed by atoms with Crippen molar-refractivity contribution >= 4 is 0 Å². The number of hydrogen-bond donors (Lipinski definition) is 2. The van der Waals surface area contributed by atoms with Crippen molar-refractivity contribution in [2.45, 2.75) is 25.6 Å². The fraction of sp³-hybridized carbons (Fsp3) is 0.571. The van der Waals surface area contributed by atoms with Gasteiger partial charge in [-0.1, -0.05) is 18.2 Å². The van der Waals surface area contributed by atoms with Crippen molar-refractivity contribution in [2.24, 2.45) is 0 Å². The molecule has 0 aromatic heterocycles. The summed E-state index contributed by atoms with van der Waals surface area (Å²) in [7, 11) is 0. The van der Waals surface area contributed by atoms with E-state index in [1.165, 1.54) is 23.8 Å². The van der Waals surface area contributed by atoms with E-state index in [0.717, 1.165) is 19.6 Å². The van der Waals surface area contributed by atoms with Gasteiger partial charge < -0.3 is 14.7 Å². The molecule has 1 aromatic rings. The smallest absolute Gasteiger partial charge is 0.128 e. The molecule has 0 bridgehead atoms. The Bertz CT molecular complexity index is 367. The van der Waals surface area contributed by atoms with Crippen LogP contribution in [0.25, 0.3) is 0 Å². The summed E-state index contributed by atoms with van der Waals surface area (Å²) >= 11 is 0. The second-order valence-electron chi connectivity index (χ2n) is 4.92. The van der Waals surface area contributed by atoms with Crippen molar-refractivity contribution in [2.75, 3.05) is 26.2 Å². The predicted molar refractivity (Wildman–Crippen MR) is 66.9 cm³/mol. The summed E-state index contributed by atoms with van der Waals surface area (Å²) in [6.45, 7) is 3.52. The molecule has 1 aromatic carbocycles. The fourth-order valence-electron chi connectivity index (χ4n) is 2.39. The monoisotopic (exact) mass is 254 g/mol. The zero-order chi connectivity index (χ0) is 12.8. The summed E-state index contributed by atoms with van der Waals surface area (Å²) in [5.41, 5.74) is 0.540. The van der Waals surface area contributed by atoms with E-state index in [4.69, 9.17) is 4.74 Å². The molecule has 3 nitrogen and oxygen atoms in total. The van der Waals surface area contributed by atoms with Gasteiger partial charge in [-0.15, -0.1) is 0 Å². The molecule has 4 heteroatoms. The summed E-state index contributed by atoms with van der Waals surface area (Å²) in [6.07, 6.45) is 2.04. The van der Waals surface area contributed by atoms with Crippen LogP contribution < -0.4 is 4.90 Å². The summed E-state index contributed by atoms with van der Waals surface area (Å²) in [4.78, 5) is 1.44. The van der Waals surface area contributed by atoms with Crippen LogP contribution in [0.15, 0.2) is 24.3 Å². The fourth-order valence-corrected chi connectivity index (χ4v) is 2.39. The van der Waals surface area contributed by atoms with Crippen molar-refractivity contribution in [1.29, 1.82) is 0 Å². The Morgan fingerprint density at radius 2 is 2.00 bits per heavy atom. The zero-order valence-corrected chi connectivity index (χ0v) is 10.6. The number of benzene rings is 1. The first-order valence-corrected chi connectivity index (χ1v) is 6.58. The first-order valence-electron chi connectivity index (χ1n) is 6.58. The van der Waals surface area contributed by atoms with Gasteiger partial charge in [-0.2, -0.15) is 0 Å². The molecule has 0 unspecified atom stereocenters. The van der Waals surface area contributed by atoms with Gasteiger partial charge in [0.15, 0.2) is 0 Å². The van der Waals surface area contributed by atoms with Crippen molar-refractivity contribution in [3.63, 3.8) is 0 Å². The molecule has 0 spiro atoms. The number of aliphatic hydroxyl groups is 1. The quantitative estimate of drug-likeness (QED) is 0.769. The van der Waals surface area contributed by atoms with Gasteiger partial charge in [0.05, 0.1) is 26.3 Å². The molecule has 0 radical (unpaired) electrons. The maximum absolute atomic E-state index is 13.3. The minimum Gasteiger partial charge on any atom is -0.385 e. The number of rotatable bonds is 6. The molecule has 2 rings (SSSR count). The van der Waals surface area contributed by atoms with Crippen LogP contribution in [-0.4, -0.2) is 37.5 Å². The number of aliphatic hydroxyl groups excluding tert-OH is 1. The minimum atomic E-state index is -0.454. The molecule has 1 heterocycles. The average Bonchev–Trinajstić information content (AvgIpc) is 2.84. The Labute approximate surface area is 107 Å². The van der Waals surface area contributed by atoms with Crippen molar-refractivity contribution in [3.8, 4) is 0 Å². The van der Waals surface area contributed by atoms with Gasteiger partial charge in [0.25, 0.3) is 0 Å². The normalized spacial score (nSPS) is 18.1. The van der Waals surface area contributed by atoms with Crippen LogP contribution in [0.1, 0.15) is 18.4 Å². The molecule has 0 aliphatic carbocycles. The third-order valence-corrected chi connectivity index (χ3v) is 3.36. The number of ether oxygens (including phenoxy) is 1. The summed E-state index contributed by atoms with van der Waals surface area (Å²) in [5.74, 6) is -0.253. The Kier molecular flexibility index (Phi) is 5.11. The summed E-state index contributed by atoms with van der Waals surface area (Å²) < 4.78 is 18.7. The predicted octanol–water partition coefficient (Wildman–Crippen LogP) is 0.382. The molecule has 1 saturated heterocycles. The molecule has 0 amide bonds. The van der Waals surface area contributed by atoms with Crippen molar-refractivity contribution < 1.29 is 19.1 Å². The summed E-state index contributed by atoms with van der Waals surface area (Å²) in [6, 6.07) is 6.56. The van der Waals surface area contributed by atoms with Crippen molar-refractivity contribution in [3.05, 3.63) is 35.6 Å². The van der Waals surface area contributed by atoms with E-state index in [0.29, 0.717) is 5.56 Å². The molecule has 1 atom stereocenters. The molecule has 1 aliphatic heterocycles. The number of hydrogen-bond acceptors (Lipinski definition) is 2. The van der Waals surface area contributed by atoms with E-state index in [2.05, 4.69) is 0 Å². The lowest BCUT2D eigenvalue weighted by atomic mass is 10.2. The van der Waals surface area contributed by atoms with Gasteiger partial charge in [-0.3, -0.25) is 0 Å². The first-order chi connectivity index (χ1) is 8.75. The SMILES string of the molecule is O[C@@H](COCc1ccccc1F)C[NH+]1CCCC1. The lowest BCUT2D eigenvalue weighted by Gasteiger charge is -2.16. The zero-order valence-electron chi connectivity index (χ0n) is 10.6. The Morgan fingerprint density at radius 3 is 2.72 bits per heavy atom. The van der Waals surface area contributed by atoms with Crippen LogP contribution in [-0.2, 0) is 11.3 Å². The van der Waals surface area contributed by atoms with Crippen LogP contribution in [0.3, 0.4) is 0 Å². The van der Waals surface area contributed by atoms with Gasteiger partial charge >= 0.3 is 0 Å². The molecule has 100 valence electrons. The highest BCUT2D eigenvalue weighted by molar-refractivity contribution is 5.16. The van der Waals surface area contributed by atoms with Crippen LogP contribution >= 0.6 is 0 Å². The number of halogens is 1. The van der Waals surface area contributed by atoms with E-state index in [1.807, 2.05) is 0 Å². The second kappa shape index (κ2) is 6.83. The van der Waals surface area contributed by atoms with E-state index in [-0.39, 0.29) is 19.0 Å². The lowest BCUT2D eigenvalue weighted by molar-refractivity contribution is -0.890. The van der Waals surface area contributed by atoms with Gasteiger partial charge in [0.1, 0.15) is 18.5 Å². The van der Waals surface area contributed by atoms with E-state index < -0.39 is 6.10 Å². The van der Waals surface area contributed by atoms with Gasteiger partial charge in [-0.25, -0.2) is 4.39 Å². The van der Waals surface area contributed by atoms with Crippen molar-refractivity contribution in [1.82, 2.24) is 0 Å². The maximum atomic E-state index is 13.3. The number of likely N-dealkylation sites (tertiary alicyclic amines) is 1. The molecule has 18 heavy (non-hydrogen) atoms. The molecule has 1 fully saturated rings. The van der Waals surface area contributed by atoms with Gasteiger partial charge in [0, 0.05) is 18.4 Å². The largest absolute Gasteiger partial charge is 0.385 e. The minimum absolute atomic E-state index is 0.221. The molecular formula is C14H21FNO2+. The topological polar surface area (TPSA) is 33.9 Å². The van der Waals surface area contributed by atoms with Gasteiger partial charge in [0.2, 0.25) is 0 Å². The molecule has 1 aliphatic rings. The molecular weight excluding hydrogens is 233 g/mol. The van der Waals surface area contributed by atoms with E-state index in [1.54, 1.807) is 18.2 Å². The number of nitrogens with one attached hydrogen (secondary N) is 1. The Morgan fingerprint density at radius 1 is 1.28 bits per heavy atom. The van der Waals surface area contributed by atoms with Crippen LogP contribution in [0, 0.1) is 5.82 Å². The molecule has 2 N–H and O–H groups in total. The summed E-state index contributed by atoms with van der Waals surface area (Å²) in [5, 5.41) is 9.82. The Hall–Kier alpha value is -0.970.